The molecule has 2 aromatic carbocycles. The van der Waals surface area contributed by atoms with E-state index in [1.54, 1.807) is 0 Å². The van der Waals surface area contributed by atoms with Crippen molar-refractivity contribution in [2.24, 2.45) is 5.73 Å². The zero-order chi connectivity index (χ0) is 14.8. The first-order valence-electron chi connectivity index (χ1n) is 7.37. The van der Waals surface area contributed by atoms with Gasteiger partial charge in [0.25, 0.3) is 0 Å². The van der Waals surface area contributed by atoms with Gasteiger partial charge in [-0.25, -0.2) is 0 Å². The molecule has 0 radical (unpaired) electrons. The zero-order valence-corrected chi connectivity index (χ0v) is 12.5. The zero-order valence-electron chi connectivity index (χ0n) is 12.5. The second kappa shape index (κ2) is 5.78. The van der Waals surface area contributed by atoms with Crippen LogP contribution in [0.4, 0.5) is 0 Å². The predicted octanol–water partition coefficient (Wildman–Crippen LogP) is 3.40. The number of fused-ring (bicyclic) bond motifs is 1. The molecular formula is C18H21NO2. The topological polar surface area (TPSA) is 44.5 Å². The molecule has 2 N–H and O–H groups in total. The summed E-state index contributed by atoms with van der Waals surface area (Å²) < 4.78 is 11.9. The Balaban J connectivity index is 1.68. The number of nitrogens with two attached hydrogens (primary N) is 1. The SMILES string of the molecule is Cc1ccc([C@H](C)N)c(OCC2Cc3ccccc3O2)c1. The van der Waals surface area contributed by atoms with Crippen molar-refractivity contribution >= 4 is 0 Å². The minimum atomic E-state index is -0.0395. The third-order valence-electron chi connectivity index (χ3n) is 3.80. The lowest BCUT2D eigenvalue weighted by Gasteiger charge is -2.17. The minimum Gasteiger partial charge on any atom is -0.489 e. The van der Waals surface area contributed by atoms with Crippen LogP contribution in [0.3, 0.4) is 0 Å². The van der Waals surface area contributed by atoms with Crippen molar-refractivity contribution in [3.05, 3.63) is 59.2 Å². The molecule has 0 aromatic heterocycles. The normalized spacial score (nSPS) is 18.0. The Hall–Kier alpha value is -2.00. The maximum absolute atomic E-state index is 6.01. The van der Waals surface area contributed by atoms with E-state index in [0.29, 0.717) is 6.61 Å². The van der Waals surface area contributed by atoms with Crippen molar-refractivity contribution in [2.75, 3.05) is 6.61 Å². The maximum atomic E-state index is 6.01. The van der Waals surface area contributed by atoms with Gasteiger partial charge >= 0.3 is 0 Å². The lowest BCUT2D eigenvalue weighted by Crippen LogP contribution is -2.23. The first-order chi connectivity index (χ1) is 10.1. The minimum absolute atomic E-state index is 0.0395. The molecular weight excluding hydrogens is 262 g/mol. The lowest BCUT2D eigenvalue weighted by atomic mass is 10.1. The van der Waals surface area contributed by atoms with Crippen molar-refractivity contribution in [1.82, 2.24) is 0 Å². The molecule has 1 aliphatic heterocycles. The van der Waals surface area contributed by atoms with Gasteiger partial charge in [-0.2, -0.15) is 0 Å². The van der Waals surface area contributed by atoms with Gasteiger partial charge in [0.1, 0.15) is 24.2 Å². The summed E-state index contributed by atoms with van der Waals surface area (Å²) in [7, 11) is 0. The number of rotatable bonds is 4. The highest BCUT2D eigenvalue weighted by Crippen LogP contribution is 2.30. The molecule has 3 heteroatoms. The van der Waals surface area contributed by atoms with Crippen molar-refractivity contribution < 1.29 is 9.47 Å². The second-order valence-electron chi connectivity index (χ2n) is 5.69. The lowest BCUT2D eigenvalue weighted by molar-refractivity contribution is 0.147. The molecule has 0 amide bonds. The van der Waals surface area contributed by atoms with Crippen LogP contribution in [-0.2, 0) is 6.42 Å². The largest absolute Gasteiger partial charge is 0.489 e. The first kappa shape index (κ1) is 14.0. The molecule has 0 bridgehead atoms. The fourth-order valence-electron chi connectivity index (χ4n) is 2.67. The molecule has 0 fully saturated rings. The van der Waals surface area contributed by atoms with Crippen molar-refractivity contribution in [3.63, 3.8) is 0 Å². The van der Waals surface area contributed by atoms with Crippen molar-refractivity contribution in [1.29, 1.82) is 0 Å². The number of aryl methyl sites for hydroxylation is 1. The van der Waals surface area contributed by atoms with Crippen LogP contribution in [0.5, 0.6) is 11.5 Å². The van der Waals surface area contributed by atoms with Gasteiger partial charge < -0.3 is 15.2 Å². The van der Waals surface area contributed by atoms with Gasteiger partial charge in [-0.1, -0.05) is 30.3 Å². The molecule has 0 saturated heterocycles. The van der Waals surface area contributed by atoms with Crippen LogP contribution in [-0.4, -0.2) is 12.7 Å². The second-order valence-corrected chi connectivity index (χ2v) is 5.69. The summed E-state index contributed by atoms with van der Waals surface area (Å²) in [6.07, 6.45) is 0.971. The van der Waals surface area contributed by atoms with Crippen LogP contribution in [0.15, 0.2) is 42.5 Å². The molecule has 1 aliphatic rings. The molecule has 3 rings (SSSR count). The van der Waals surface area contributed by atoms with E-state index in [4.69, 9.17) is 15.2 Å². The number of hydrogen-bond donors (Lipinski definition) is 1. The molecule has 1 heterocycles. The number of para-hydroxylation sites is 1. The van der Waals surface area contributed by atoms with E-state index in [1.165, 1.54) is 11.1 Å². The van der Waals surface area contributed by atoms with E-state index in [0.717, 1.165) is 23.5 Å². The van der Waals surface area contributed by atoms with Crippen molar-refractivity contribution in [3.8, 4) is 11.5 Å². The first-order valence-corrected chi connectivity index (χ1v) is 7.37. The highest BCUT2D eigenvalue weighted by Gasteiger charge is 2.23. The molecule has 110 valence electrons. The van der Waals surface area contributed by atoms with Crippen molar-refractivity contribution in [2.45, 2.75) is 32.4 Å². The Bertz CT molecular complexity index is 612. The fourth-order valence-corrected chi connectivity index (χ4v) is 2.67. The quantitative estimate of drug-likeness (QED) is 0.935. The van der Waals surface area contributed by atoms with Gasteiger partial charge in [0.2, 0.25) is 0 Å². The Labute approximate surface area is 125 Å². The molecule has 2 atom stereocenters. The fraction of sp³-hybridized carbons (Fsp3) is 0.333. The van der Waals surface area contributed by atoms with E-state index in [-0.39, 0.29) is 12.1 Å². The Morgan fingerprint density at radius 1 is 1.29 bits per heavy atom. The van der Waals surface area contributed by atoms with E-state index in [9.17, 15) is 0 Å². The summed E-state index contributed by atoms with van der Waals surface area (Å²) in [6, 6.07) is 14.3. The van der Waals surface area contributed by atoms with E-state index >= 15 is 0 Å². The average Bonchev–Trinajstić information content (AvgIpc) is 2.87. The van der Waals surface area contributed by atoms with E-state index < -0.39 is 0 Å². The number of benzene rings is 2. The van der Waals surface area contributed by atoms with Crippen LogP contribution in [0, 0.1) is 6.92 Å². The van der Waals surface area contributed by atoms with Crippen LogP contribution >= 0.6 is 0 Å². The highest BCUT2D eigenvalue weighted by atomic mass is 16.5. The highest BCUT2D eigenvalue weighted by molar-refractivity contribution is 5.40. The third kappa shape index (κ3) is 3.03. The number of hydrogen-bond acceptors (Lipinski definition) is 3. The van der Waals surface area contributed by atoms with Crippen LogP contribution < -0.4 is 15.2 Å². The molecule has 2 aromatic rings. The molecule has 0 spiro atoms. The van der Waals surface area contributed by atoms with Crippen LogP contribution in [0.2, 0.25) is 0 Å². The summed E-state index contributed by atoms with van der Waals surface area (Å²) in [5, 5.41) is 0. The summed E-state index contributed by atoms with van der Waals surface area (Å²) >= 11 is 0. The molecule has 1 unspecified atom stereocenters. The van der Waals surface area contributed by atoms with E-state index in [2.05, 4.69) is 19.1 Å². The van der Waals surface area contributed by atoms with Gasteiger partial charge in [0, 0.05) is 18.0 Å². The van der Waals surface area contributed by atoms with Gasteiger partial charge in [0.15, 0.2) is 0 Å². The third-order valence-corrected chi connectivity index (χ3v) is 3.80. The molecule has 0 saturated carbocycles. The standard InChI is InChI=1S/C18H21NO2/c1-12-7-8-16(13(2)19)18(9-12)20-11-15-10-14-5-3-4-6-17(14)21-15/h3-9,13,15H,10-11,19H2,1-2H3/t13-,15?/m0/s1. The monoisotopic (exact) mass is 283 g/mol. The van der Waals surface area contributed by atoms with Gasteiger partial charge in [-0.3, -0.25) is 0 Å². The summed E-state index contributed by atoms with van der Waals surface area (Å²) in [6.45, 7) is 4.57. The van der Waals surface area contributed by atoms with E-state index in [1.807, 2.05) is 37.3 Å². The average molecular weight is 283 g/mol. The van der Waals surface area contributed by atoms with Gasteiger partial charge in [-0.05, 0) is 37.1 Å². The maximum Gasteiger partial charge on any atom is 0.137 e. The van der Waals surface area contributed by atoms with Crippen LogP contribution in [0.25, 0.3) is 0 Å². The Kier molecular flexibility index (Phi) is 3.84. The smallest absolute Gasteiger partial charge is 0.137 e. The molecule has 3 nitrogen and oxygen atoms in total. The summed E-state index contributed by atoms with van der Waals surface area (Å²) in [5.41, 5.74) is 9.47. The van der Waals surface area contributed by atoms with Gasteiger partial charge in [0.05, 0.1) is 0 Å². The predicted molar refractivity (Wildman–Crippen MR) is 83.8 cm³/mol. The molecule has 21 heavy (non-hydrogen) atoms. The summed E-state index contributed by atoms with van der Waals surface area (Å²) in [5.74, 6) is 1.84. The van der Waals surface area contributed by atoms with Gasteiger partial charge in [-0.15, -0.1) is 0 Å². The summed E-state index contributed by atoms with van der Waals surface area (Å²) in [4.78, 5) is 0. The number of ether oxygens (including phenoxy) is 2. The van der Waals surface area contributed by atoms with Crippen LogP contribution in [0.1, 0.15) is 29.7 Å². The molecule has 0 aliphatic carbocycles. The Morgan fingerprint density at radius 2 is 2.10 bits per heavy atom. The Morgan fingerprint density at radius 3 is 2.86 bits per heavy atom.